The predicted molar refractivity (Wildman–Crippen MR) is 72.2 cm³/mol. The summed E-state index contributed by atoms with van der Waals surface area (Å²) >= 11 is 5.99. The monoisotopic (exact) mass is 265 g/mol. The summed E-state index contributed by atoms with van der Waals surface area (Å²) in [5.74, 6) is 5.33. The van der Waals surface area contributed by atoms with Crippen molar-refractivity contribution in [2.75, 3.05) is 5.73 Å². The molecule has 0 amide bonds. The van der Waals surface area contributed by atoms with Gasteiger partial charge in [-0.05, 0) is 61.7 Å². The highest BCUT2D eigenvalue weighted by Crippen LogP contribution is 2.56. The second-order valence-corrected chi connectivity index (χ2v) is 7.06. The highest BCUT2D eigenvalue weighted by molar-refractivity contribution is 6.32. The van der Waals surface area contributed by atoms with Crippen LogP contribution in [0.1, 0.15) is 32.1 Å². The topological polar surface area (TPSA) is 43.8 Å². The molecule has 18 heavy (non-hydrogen) atoms. The summed E-state index contributed by atoms with van der Waals surface area (Å²) in [6.45, 7) is 0.979. The van der Waals surface area contributed by atoms with Crippen molar-refractivity contribution in [1.29, 1.82) is 0 Å². The van der Waals surface area contributed by atoms with Crippen molar-refractivity contribution in [3.8, 4) is 0 Å². The maximum Gasteiger partial charge on any atom is 0.140 e. The number of nitrogen functional groups attached to an aromatic ring is 1. The maximum absolute atomic E-state index is 5.99. The number of hydrogen-bond acceptors (Lipinski definition) is 2. The molecule has 0 aliphatic heterocycles. The van der Waals surface area contributed by atoms with Gasteiger partial charge in [-0.25, -0.2) is 4.68 Å². The van der Waals surface area contributed by atoms with E-state index >= 15 is 0 Å². The molecule has 1 heterocycles. The maximum atomic E-state index is 5.99. The van der Waals surface area contributed by atoms with Crippen LogP contribution in [-0.2, 0) is 6.54 Å². The molecule has 0 atom stereocenters. The summed E-state index contributed by atoms with van der Waals surface area (Å²) in [4.78, 5) is 0. The molecule has 0 radical (unpaired) electrons. The Morgan fingerprint density at radius 2 is 1.78 bits per heavy atom. The summed E-state index contributed by atoms with van der Waals surface area (Å²) in [5, 5.41) is 4.92. The van der Waals surface area contributed by atoms with Crippen molar-refractivity contribution >= 4 is 17.4 Å². The van der Waals surface area contributed by atoms with E-state index in [4.69, 9.17) is 17.3 Å². The smallest absolute Gasteiger partial charge is 0.140 e. The van der Waals surface area contributed by atoms with E-state index in [0.29, 0.717) is 10.8 Å². The van der Waals surface area contributed by atoms with E-state index in [1.807, 2.05) is 4.68 Å². The van der Waals surface area contributed by atoms with E-state index < -0.39 is 0 Å². The molecule has 4 aliphatic rings. The fraction of sp³-hybridized carbons (Fsp3) is 0.786. The van der Waals surface area contributed by atoms with E-state index in [9.17, 15) is 0 Å². The minimum Gasteiger partial charge on any atom is -0.383 e. The third kappa shape index (κ3) is 1.59. The van der Waals surface area contributed by atoms with Gasteiger partial charge in [0.2, 0.25) is 0 Å². The van der Waals surface area contributed by atoms with Crippen LogP contribution in [0.4, 0.5) is 5.82 Å². The van der Waals surface area contributed by atoms with Crippen LogP contribution in [0.15, 0.2) is 6.20 Å². The molecule has 4 saturated carbocycles. The highest BCUT2D eigenvalue weighted by atomic mass is 35.5. The highest BCUT2D eigenvalue weighted by Gasteiger charge is 2.48. The Morgan fingerprint density at radius 1 is 1.17 bits per heavy atom. The van der Waals surface area contributed by atoms with Gasteiger partial charge in [-0.2, -0.15) is 5.10 Å². The van der Waals surface area contributed by atoms with E-state index in [0.717, 1.165) is 36.1 Å². The SMILES string of the molecule is Nc1c(Cl)cnn1CC1C2CC3CC(C2)CC1C3. The zero-order valence-electron chi connectivity index (χ0n) is 10.6. The summed E-state index contributed by atoms with van der Waals surface area (Å²) in [6.07, 6.45) is 8.99. The molecule has 0 unspecified atom stereocenters. The van der Waals surface area contributed by atoms with Crippen LogP contribution in [0.25, 0.3) is 0 Å². The van der Waals surface area contributed by atoms with E-state index in [1.165, 1.54) is 32.1 Å². The average Bonchev–Trinajstić information content (AvgIpc) is 2.64. The zero-order valence-corrected chi connectivity index (χ0v) is 11.3. The molecule has 0 saturated heterocycles. The van der Waals surface area contributed by atoms with Gasteiger partial charge in [0, 0.05) is 6.54 Å². The summed E-state index contributed by atoms with van der Waals surface area (Å²) in [7, 11) is 0. The van der Waals surface area contributed by atoms with Crippen LogP contribution in [0.5, 0.6) is 0 Å². The number of halogens is 1. The van der Waals surface area contributed by atoms with Gasteiger partial charge in [0.25, 0.3) is 0 Å². The number of rotatable bonds is 2. The number of anilines is 1. The molecule has 3 nitrogen and oxygen atoms in total. The third-order valence-electron chi connectivity index (χ3n) is 5.64. The second-order valence-electron chi connectivity index (χ2n) is 6.65. The number of nitrogens with zero attached hydrogens (tertiary/aromatic N) is 2. The molecule has 4 aliphatic carbocycles. The molecule has 1 aromatic rings. The first-order valence-corrected chi connectivity index (χ1v) is 7.55. The van der Waals surface area contributed by atoms with E-state index in [-0.39, 0.29) is 0 Å². The van der Waals surface area contributed by atoms with Crippen LogP contribution in [0.3, 0.4) is 0 Å². The van der Waals surface area contributed by atoms with Gasteiger partial charge in [-0.3, -0.25) is 0 Å². The molecule has 1 aromatic heterocycles. The van der Waals surface area contributed by atoms with Crippen molar-refractivity contribution in [1.82, 2.24) is 9.78 Å². The first-order valence-electron chi connectivity index (χ1n) is 7.17. The second kappa shape index (κ2) is 3.89. The predicted octanol–water partition coefficient (Wildman–Crippen LogP) is 3.19. The Balaban J connectivity index is 1.57. The normalized spacial score (nSPS) is 41.5. The Labute approximate surface area is 113 Å². The van der Waals surface area contributed by atoms with Crippen LogP contribution in [0.2, 0.25) is 5.02 Å². The Bertz CT molecular complexity index is 440. The summed E-state index contributed by atoms with van der Waals surface area (Å²) in [6, 6.07) is 0. The van der Waals surface area contributed by atoms with Gasteiger partial charge in [-0.1, -0.05) is 11.6 Å². The van der Waals surface area contributed by atoms with Crippen molar-refractivity contribution in [2.45, 2.75) is 38.6 Å². The minimum absolute atomic E-state index is 0.596. The molecule has 0 aromatic carbocycles. The lowest BCUT2D eigenvalue weighted by Crippen LogP contribution is -2.46. The lowest BCUT2D eigenvalue weighted by molar-refractivity contribution is -0.0440. The van der Waals surface area contributed by atoms with Gasteiger partial charge in [0.05, 0.1) is 6.20 Å². The van der Waals surface area contributed by atoms with Gasteiger partial charge in [0.1, 0.15) is 10.8 Å². The van der Waals surface area contributed by atoms with Gasteiger partial charge >= 0.3 is 0 Å². The molecule has 98 valence electrons. The van der Waals surface area contributed by atoms with Crippen LogP contribution in [-0.4, -0.2) is 9.78 Å². The fourth-order valence-electron chi connectivity index (χ4n) is 5.05. The van der Waals surface area contributed by atoms with Gasteiger partial charge in [-0.15, -0.1) is 0 Å². The molecular weight excluding hydrogens is 246 g/mol. The quantitative estimate of drug-likeness (QED) is 0.893. The Hall–Kier alpha value is -0.700. The van der Waals surface area contributed by atoms with Gasteiger partial charge < -0.3 is 5.73 Å². The van der Waals surface area contributed by atoms with Crippen molar-refractivity contribution in [2.24, 2.45) is 29.6 Å². The lowest BCUT2D eigenvalue weighted by atomic mass is 9.52. The molecule has 5 rings (SSSR count). The van der Waals surface area contributed by atoms with E-state index in [1.54, 1.807) is 6.20 Å². The van der Waals surface area contributed by atoms with E-state index in [2.05, 4.69) is 5.10 Å². The fourth-order valence-corrected chi connectivity index (χ4v) is 5.19. The van der Waals surface area contributed by atoms with Gasteiger partial charge in [0.15, 0.2) is 0 Å². The average molecular weight is 266 g/mol. The number of nitrogens with two attached hydrogens (primary N) is 1. The number of aromatic nitrogens is 2. The number of hydrogen-bond donors (Lipinski definition) is 1. The van der Waals surface area contributed by atoms with Crippen LogP contribution in [0, 0.1) is 29.6 Å². The van der Waals surface area contributed by atoms with Crippen molar-refractivity contribution < 1.29 is 0 Å². The Kier molecular flexibility index (Phi) is 2.41. The molecule has 4 bridgehead atoms. The molecule has 4 heteroatoms. The largest absolute Gasteiger partial charge is 0.383 e. The molecular formula is C14H20ClN3. The van der Waals surface area contributed by atoms with Crippen molar-refractivity contribution in [3.63, 3.8) is 0 Å². The lowest BCUT2D eigenvalue weighted by Gasteiger charge is -2.54. The standard InChI is InChI=1S/C14H20ClN3/c15-13-6-17-18(14(13)16)7-12-10-2-8-1-9(4-10)5-11(12)3-8/h6,8-12H,1-5,7,16H2. The summed E-state index contributed by atoms with van der Waals surface area (Å²) in [5.41, 5.74) is 5.97. The molecule has 0 spiro atoms. The minimum atomic E-state index is 0.596. The molecule has 4 fully saturated rings. The third-order valence-corrected chi connectivity index (χ3v) is 5.93. The zero-order chi connectivity index (χ0) is 12.3. The summed E-state index contributed by atoms with van der Waals surface area (Å²) < 4.78 is 1.93. The van der Waals surface area contributed by atoms with Crippen molar-refractivity contribution in [3.05, 3.63) is 11.2 Å². The van der Waals surface area contributed by atoms with Crippen LogP contribution >= 0.6 is 11.6 Å². The Morgan fingerprint density at radius 3 is 2.28 bits per heavy atom. The van der Waals surface area contributed by atoms with Crippen LogP contribution < -0.4 is 5.73 Å². The molecule has 2 N–H and O–H groups in total. The first kappa shape index (κ1) is 11.2. The first-order chi connectivity index (χ1) is 8.70.